The van der Waals surface area contributed by atoms with E-state index in [1.54, 1.807) is 6.92 Å². The molecule has 0 spiro atoms. The molecular weight excluding hydrogens is 218 g/mol. The molecule has 5 nitrogen and oxygen atoms in total. The zero-order valence-electron chi connectivity index (χ0n) is 9.36. The van der Waals surface area contributed by atoms with Crippen molar-refractivity contribution in [2.45, 2.75) is 13.5 Å². The predicted octanol–water partition coefficient (Wildman–Crippen LogP) is 2.27. The summed E-state index contributed by atoms with van der Waals surface area (Å²) in [4.78, 5) is 11.4. The second-order valence-corrected chi connectivity index (χ2v) is 3.51. The molecule has 1 heterocycles. The number of aryl methyl sites for hydroxylation is 1. The number of hydrogen-bond acceptors (Lipinski definition) is 3. The average Bonchev–Trinajstić information content (AvgIpc) is 2.74. The second-order valence-electron chi connectivity index (χ2n) is 3.51. The first-order valence-electron chi connectivity index (χ1n) is 5.16. The Labute approximate surface area is 98.8 Å². The molecule has 0 fully saturated rings. The van der Waals surface area contributed by atoms with Crippen molar-refractivity contribution in [3.05, 3.63) is 47.7 Å². The van der Waals surface area contributed by atoms with Gasteiger partial charge in [0, 0.05) is 5.56 Å². The minimum absolute atomic E-state index is 0.236. The molecule has 0 aliphatic carbocycles. The number of ether oxygens (including phenoxy) is 1. The summed E-state index contributed by atoms with van der Waals surface area (Å²) in [6, 6.07) is 9.47. The van der Waals surface area contributed by atoms with Crippen molar-refractivity contribution in [1.29, 1.82) is 0 Å². The number of benzene rings is 1. The molecule has 2 N–H and O–H groups in total. The molecule has 0 atom stereocenters. The highest BCUT2D eigenvalue weighted by Crippen LogP contribution is 2.08. The second kappa shape index (κ2) is 5.16. The Morgan fingerprint density at radius 2 is 2.24 bits per heavy atom. The van der Waals surface area contributed by atoms with Crippen LogP contribution in [-0.4, -0.2) is 16.3 Å². The number of rotatable bonds is 3. The number of aromatic amines is 1. The lowest BCUT2D eigenvalue weighted by Crippen LogP contribution is -2.14. The van der Waals surface area contributed by atoms with Crippen molar-refractivity contribution >= 4 is 11.9 Å². The van der Waals surface area contributed by atoms with E-state index < -0.39 is 6.09 Å². The Kier molecular flexibility index (Phi) is 3.40. The topological polar surface area (TPSA) is 67.0 Å². The van der Waals surface area contributed by atoms with Gasteiger partial charge in [-0.05, 0) is 12.5 Å². The van der Waals surface area contributed by atoms with Crippen molar-refractivity contribution in [1.82, 2.24) is 10.2 Å². The van der Waals surface area contributed by atoms with Crippen molar-refractivity contribution < 1.29 is 9.53 Å². The lowest BCUT2D eigenvalue weighted by Gasteiger charge is -2.05. The Hall–Kier alpha value is -2.30. The first-order chi connectivity index (χ1) is 8.25. The Bertz CT molecular complexity index is 493. The van der Waals surface area contributed by atoms with Crippen LogP contribution in [0.4, 0.5) is 10.6 Å². The Morgan fingerprint density at radius 1 is 1.47 bits per heavy atom. The van der Waals surface area contributed by atoms with E-state index in [-0.39, 0.29) is 6.61 Å². The summed E-state index contributed by atoms with van der Waals surface area (Å²) in [5, 5.41) is 8.88. The number of H-pyrrole nitrogens is 1. The molecule has 0 aliphatic heterocycles. The number of carbonyl (C=O) groups excluding carboxylic acids is 1. The normalized spacial score (nSPS) is 9.94. The van der Waals surface area contributed by atoms with E-state index >= 15 is 0 Å². The van der Waals surface area contributed by atoms with Gasteiger partial charge in [-0.25, -0.2) is 4.79 Å². The maximum absolute atomic E-state index is 11.4. The van der Waals surface area contributed by atoms with E-state index in [2.05, 4.69) is 21.7 Å². The number of hydrogen-bond donors (Lipinski definition) is 2. The molecule has 0 unspecified atom stereocenters. The fourth-order valence-electron chi connectivity index (χ4n) is 1.29. The first kappa shape index (κ1) is 11.2. The Morgan fingerprint density at radius 3 is 2.88 bits per heavy atom. The highest BCUT2D eigenvalue weighted by molar-refractivity contribution is 5.83. The van der Waals surface area contributed by atoms with Crippen molar-refractivity contribution in [2.75, 3.05) is 5.32 Å². The molecule has 2 rings (SSSR count). The quantitative estimate of drug-likeness (QED) is 0.849. The van der Waals surface area contributed by atoms with E-state index in [0.717, 1.165) is 11.1 Å². The summed E-state index contributed by atoms with van der Waals surface area (Å²) >= 11 is 0. The van der Waals surface area contributed by atoms with Crippen LogP contribution in [0.2, 0.25) is 0 Å². The summed E-state index contributed by atoms with van der Waals surface area (Å²) < 4.78 is 5.04. The van der Waals surface area contributed by atoms with E-state index in [9.17, 15) is 4.79 Å². The molecule has 0 bridgehead atoms. The zero-order chi connectivity index (χ0) is 12.1. The summed E-state index contributed by atoms with van der Waals surface area (Å²) in [6.07, 6.45) is 2.21. The van der Waals surface area contributed by atoms with Crippen LogP contribution in [0.3, 0.4) is 0 Å². The highest BCUT2D eigenvalue weighted by atomic mass is 16.5. The first-order valence-corrected chi connectivity index (χ1v) is 5.16. The summed E-state index contributed by atoms with van der Waals surface area (Å²) in [6.45, 7) is 2.02. The fraction of sp³-hybridized carbons (Fsp3) is 0.167. The minimum Gasteiger partial charge on any atom is -0.444 e. The van der Waals surface area contributed by atoms with Gasteiger partial charge in [0.1, 0.15) is 6.61 Å². The molecule has 0 saturated heterocycles. The van der Waals surface area contributed by atoms with Gasteiger partial charge in [0.15, 0.2) is 5.82 Å². The van der Waals surface area contributed by atoms with Crippen molar-refractivity contribution in [3.63, 3.8) is 0 Å². The largest absolute Gasteiger partial charge is 0.444 e. The number of nitrogens with one attached hydrogen (secondary N) is 2. The highest BCUT2D eigenvalue weighted by Gasteiger charge is 2.07. The molecule has 17 heavy (non-hydrogen) atoms. The monoisotopic (exact) mass is 230 g/mol. The molecule has 2 aromatic rings. The van der Waals surface area contributed by atoms with Crippen molar-refractivity contribution in [3.8, 4) is 0 Å². The van der Waals surface area contributed by atoms with E-state index in [4.69, 9.17) is 4.74 Å². The maximum atomic E-state index is 11.4. The van der Waals surface area contributed by atoms with Gasteiger partial charge < -0.3 is 4.74 Å². The van der Waals surface area contributed by atoms with E-state index in [1.807, 2.05) is 30.3 Å². The van der Waals surface area contributed by atoms with E-state index in [0.29, 0.717) is 5.82 Å². The molecule has 1 radical (unpaired) electrons. The molecule has 1 aromatic heterocycles. The van der Waals surface area contributed by atoms with E-state index in [1.165, 1.54) is 0 Å². The molecule has 0 aliphatic rings. The van der Waals surface area contributed by atoms with Gasteiger partial charge in [0.2, 0.25) is 0 Å². The van der Waals surface area contributed by atoms with Gasteiger partial charge in [0.05, 0.1) is 6.20 Å². The van der Waals surface area contributed by atoms with Crippen molar-refractivity contribution in [2.24, 2.45) is 0 Å². The number of carbonyl (C=O) groups is 1. The lowest BCUT2D eigenvalue weighted by molar-refractivity contribution is 0.155. The van der Waals surface area contributed by atoms with Crippen LogP contribution in [0, 0.1) is 13.1 Å². The van der Waals surface area contributed by atoms with Crippen LogP contribution in [0.15, 0.2) is 30.3 Å². The third kappa shape index (κ3) is 3.07. The minimum atomic E-state index is -0.530. The summed E-state index contributed by atoms with van der Waals surface area (Å²) in [5.41, 5.74) is 1.68. The molecule has 1 amide bonds. The Balaban J connectivity index is 1.85. The van der Waals surface area contributed by atoms with Crippen LogP contribution < -0.4 is 5.32 Å². The maximum Gasteiger partial charge on any atom is 0.413 e. The van der Waals surface area contributed by atoms with Gasteiger partial charge >= 0.3 is 6.09 Å². The number of nitrogens with zero attached hydrogens (tertiary/aromatic N) is 1. The van der Waals surface area contributed by atoms with Crippen LogP contribution >= 0.6 is 0 Å². The fourth-order valence-corrected chi connectivity index (χ4v) is 1.29. The predicted molar refractivity (Wildman–Crippen MR) is 62.4 cm³/mol. The van der Waals surface area contributed by atoms with Gasteiger partial charge in [0.25, 0.3) is 0 Å². The number of anilines is 1. The van der Waals surface area contributed by atoms with Gasteiger partial charge in [-0.15, -0.1) is 0 Å². The van der Waals surface area contributed by atoms with Crippen LogP contribution in [0.1, 0.15) is 11.1 Å². The van der Waals surface area contributed by atoms with Gasteiger partial charge in [-0.2, -0.15) is 5.10 Å². The third-order valence-corrected chi connectivity index (χ3v) is 2.20. The number of aromatic nitrogens is 2. The molecular formula is C12H12N3O2. The SMILES string of the molecule is Cc1[c][nH]nc1NC(=O)OCc1ccccc1. The van der Waals surface area contributed by atoms with Crippen LogP contribution in [0.25, 0.3) is 0 Å². The lowest BCUT2D eigenvalue weighted by atomic mass is 10.2. The van der Waals surface area contributed by atoms with Crippen LogP contribution in [-0.2, 0) is 11.3 Å². The van der Waals surface area contributed by atoms with Crippen LogP contribution in [0.5, 0.6) is 0 Å². The standard InChI is InChI=1S/C12H12N3O2/c1-9-7-13-15-11(9)14-12(16)17-8-10-5-3-2-4-6-10/h2-6H,8H2,1H3,(H2,13,14,15,16). The third-order valence-electron chi connectivity index (χ3n) is 2.20. The van der Waals surface area contributed by atoms with Gasteiger partial charge in [-0.1, -0.05) is 30.3 Å². The smallest absolute Gasteiger partial charge is 0.413 e. The molecule has 0 saturated carbocycles. The zero-order valence-corrected chi connectivity index (χ0v) is 9.36. The number of amides is 1. The molecule has 1 aromatic carbocycles. The van der Waals surface area contributed by atoms with Gasteiger partial charge in [-0.3, -0.25) is 10.4 Å². The summed E-state index contributed by atoms with van der Waals surface area (Å²) in [5.74, 6) is 0.433. The molecule has 5 heteroatoms. The summed E-state index contributed by atoms with van der Waals surface area (Å²) in [7, 11) is 0. The molecule has 87 valence electrons. The average molecular weight is 230 g/mol.